The van der Waals surface area contributed by atoms with Gasteiger partial charge >= 0.3 is 6.09 Å². The first-order valence-corrected chi connectivity index (χ1v) is 8.96. The number of alkyl carbamates (subject to hydrolysis) is 1. The zero-order chi connectivity index (χ0) is 16.6. The maximum Gasteiger partial charge on any atom is 0.407 e. The SMILES string of the molecule is CC(C)CC(CNC(=O)OC(C)(C)C)NCC1CCCCC1. The third-order valence-electron chi connectivity index (χ3n) is 4.07. The summed E-state index contributed by atoms with van der Waals surface area (Å²) in [6, 6.07) is 0.328. The van der Waals surface area contributed by atoms with Gasteiger partial charge in [0.15, 0.2) is 0 Å². The van der Waals surface area contributed by atoms with Crippen molar-refractivity contribution in [2.75, 3.05) is 13.1 Å². The fourth-order valence-electron chi connectivity index (χ4n) is 3.05. The molecule has 2 N–H and O–H groups in total. The van der Waals surface area contributed by atoms with Gasteiger partial charge in [-0.3, -0.25) is 0 Å². The Balaban J connectivity index is 2.34. The van der Waals surface area contributed by atoms with E-state index >= 15 is 0 Å². The van der Waals surface area contributed by atoms with Crippen molar-refractivity contribution in [1.82, 2.24) is 10.6 Å². The Bertz CT molecular complexity index is 318. The average Bonchev–Trinajstić information content (AvgIpc) is 2.40. The van der Waals surface area contributed by atoms with Crippen molar-refractivity contribution in [3.05, 3.63) is 0 Å². The molecule has 1 saturated carbocycles. The van der Waals surface area contributed by atoms with Gasteiger partial charge in [0.05, 0.1) is 0 Å². The van der Waals surface area contributed by atoms with Crippen LogP contribution in [0.4, 0.5) is 4.79 Å². The maximum atomic E-state index is 11.8. The third kappa shape index (κ3) is 9.29. The highest BCUT2D eigenvalue weighted by Crippen LogP contribution is 2.23. The van der Waals surface area contributed by atoms with E-state index in [1.165, 1.54) is 32.1 Å². The van der Waals surface area contributed by atoms with Crippen molar-refractivity contribution in [3.8, 4) is 0 Å². The molecule has 0 spiro atoms. The topological polar surface area (TPSA) is 50.4 Å². The molecular formula is C18H36N2O2. The van der Waals surface area contributed by atoms with Crippen molar-refractivity contribution in [2.45, 2.75) is 84.8 Å². The van der Waals surface area contributed by atoms with Crippen LogP contribution < -0.4 is 10.6 Å². The summed E-state index contributed by atoms with van der Waals surface area (Å²) in [4.78, 5) is 11.8. The molecule has 1 aliphatic carbocycles. The second-order valence-electron chi connectivity index (χ2n) is 8.12. The summed E-state index contributed by atoms with van der Waals surface area (Å²) in [5, 5.41) is 6.58. The number of ether oxygens (including phenoxy) is 1. The summed E-state index contributed by atoms with van der Waals surface area (Å²) in [6.07, 6.45) is 7.59. The average molecular weight is 312 g/mol. The van der Waals surface area contributed by atoms with Gasteiger partial charge in [0, 0.05) is 12.6 Å². The standard InChI is InChI=1S/C18H36N2O2/c1-14(2)11-16(13-20-17(21)22-18(3,4)5)19-12-15-9-7-6-8-10-15/h14-16,19H,6-13H2,1-5H3,(H,20,21). The van der Waals surface area contributed by atoms with E-state index in [1.807, 2.05) is 20.8 Å². The summed E-state index contributed by atoms with van der Waals surface area (Å²) < 4.78 is 5.31. The minimum Gasteiger partial charge on any atom is -0.444 e. The Labute approximate surface area is 136 Å². The van der Waals surface area contributed by atoms with E-state index in [-0.39, 0.29) is 6.09 Å². The molecule has 1 unspecified atom stereocenters. The van der Waals surface area contributed by atoms with E-state index in [9.17, 15) is 4.79 Å². The number of carbonyl (C=O) groups is 1. The Hall–Kier alpha value is -0.770. The summed E-state index contributed by atoms with van der Waals surface area (Å²) in [5.41, 5.74) is -0.437. The first-order valence-electron chi connectivity index (χ1n) is 8.96. The molecule has 1 aliphatic rings. The smallest absolute Gasteiger partial charge is 0.407 e. The Morgan fingerprint density at radius 3 is 2.36 bits per heavy atom. The fourth-order valence-corrected chi connectivity index (χ4v) is 3.05. The van der Waals surface area contributed by atoms with Gasteiger partial charge in [-0.1, -0.05) is 33.1 Å². The van der Waals surface area contributed by atoms with Gasteiger partial charge in [0.2, 0.25) is 0 Å². The minimum atomic E-state index is -0.437. The normalized spacial score (nSPS) is 18.3. The molecule has 0 aliphatic heterocycles. The van der Waals surface area contributed by atoms with Crippen LogP contribution >= 0.6 is 0 Å². The number of nitrogens with one attached hydrogen (secondary N) is 2. The van der Waals surface area contributed by atoms with Crippen molar-refractivity contribution < 1.29 is 9.53 Å². The molecule has 0 aromatic heterocycles. The Morgan fingerprint density at radius 2 is 1.82 bits per heavy atom. The molecule has 4 nitrogen and oxygen atoms in total. The monoisotopic (exact) mass is 312 g/mol. The predicted molar refractivity (Wildman–Crippen MR) is 92.1 cm³/mol. The van der Waals surface area contributed by atoms with Crippen LogP contribution in [0.15, 0.2) is 0 Å². The largest absolute Gasteiger partial charge is 0.444 e. The van der Waals surface area contributed by atoms with E-state index in [0.717, 1.165) is 18.9 Å². The molecule has 1 fully saturated rings. The number of hydrogen-bond acceptors (Lipinski definition) is 3. The summed E-state index contributed by atoms with van der Waals surface area (Å²) in [6.45, 7) is 11.8. The quantitative estimate of drug-likeness (QED) is 0.744. The van der Waals surface area contributed by atoms with E-state index in [4.69, 9.17) is 4.74 Å². The van der Waals surface area contributed by atoms with Gasteiger partial charge in [0.25, 0.3) is 0 Å². The summed E-state index contributed by atoms with van der Waals surface area (Å²) >= 11 is 0. The number of amides is 1. The molecule has 1 atom stereocenters. The molecule has 22 heavy (non-hydrogen) atoms. The van der Waals surface area contributed by atoms with Crippen LogP contribution in [0.1, 0.15) is 73.1 Å². The molecule has 4 heteroatoms. The van der Waals surface area contributed by atoms with Crippen LogP contribution in [-0.4, -0.2) is 30.8 Å². The second kappa shape index (κ2) is 9.39. The van der Waals surface area contributed by atoms with Gasteiger partial charge in [-0.25, -0.2) is 4.79 Å². The van der Waals surface area contributed by atoms with Crippen LogP contribution in [0.3, 0.4) is 0 Å². The fraction of sp³-hybridized carbons (Fsp3) is 0.944. The highest BCUT2D eigenvalue weighted by Gasteiger charge is 2.19. The molecule has 0 bridgehead atoms. The zero-order valence-corrected chi connectivity index (χ0v) is 15.2. The van der Waals surface area contributed by atoms with E-state index < -0.39 is 5.60 Å². The lowest BCUT2D eigenvalue weighted by atomic mass is 9.89. The highest BCUT2D eigenvalue weighted by atomic mass is 16.6. The molecule has 0 heterocycles. The summed E-state index contributed by atoms with van der Waals surface area (Å²) in [7, 11) is 0. The van der Waals surface area contributed by atoms with Crippen LogP contribution in [0.2, 0.25) is 0 Å². The molecule has 1 amide bonds. The lowest BCUT2D eigenvalue weighted by Gasteiger charge is -2.27. The molecule has 0 aromatic carbocycles. The first-order chi connectivity index (χ1) is 10.3. The third-order valence-corrected chi connectivity index (χ3v) is 4.07. The van der Waals surface area contributed by atoms with E-state index in [0.29, 0.717) is 18.5 Å². The molecule has 0 saturated heterocycles. The molecular weight excluding hydrogens is 276 g/mol. The van der Waals surface area contributed by atoms with Crippen molar-refractivity contribution in [3.63, 3.8) is 0 Å². The van der Waals surface area contributed by atoms with E-state index in [1.54, 1.807) is 0 Å². The van der Waals surface area contributed by atoms with Crippen LogP contribution in [0.5, 0.6) is 0 Å². The van der Waals surface area contributed by atoms with Gasteiger partial charge in [-0.05, 0) is 58.4 Å². The zero-order valence-electron chi connectivity index (χ0n) is 15.2. The van der Waals surface area contributed by atoms with Crippen molar-refractivity contribution in [1.29, 1.82) is 0 Å². The Morgan fingerprint density at radius 1 is 1.18 bits per heavy atom. The first kappa shape index (κ1) is 19.3. The van der Waals surface area contributed by atoms with Crippen LogP contribution in [0.25, 0.3) is 0 Å². The van der Waals surface area contributed by atoms with E-state index in [2.05, 4.69) is 24.5 Å². The van der Waals surface area contributed by atoms with Crippen LogP contribution in [-0.2, 0) is 4.74 Å². The number of rotatable bonds is 7. The van der Waals surface area contributed by atoms with Crippen molar-refractivity contribution in [2.24, 2.45) is 11.8 Å². The minimum absolute atomic E-state index is 0.319. The van der Waals surface area contributed by atoms with Gasteiger partial charge < -0.3 is 15.4 Å². The lowest BCUT2D eigenvalue weighted by Crippen LogP contribution is -2.44. The lowest BCUT2D eigenvalue weighted by molar-refractivity contribution is 0.0520. The van der Waals surface area contributed by atoms with Gasteiger partial charge in [0.1, 0.15) is 5.60 Å². The molecule has 1 rings (SSSR count). The summed E-state index contributed by atoms with van der Waals surface area (Å²) in [5.74, 6) is 1.43. The molecule has 0 aromatic rings. The van der Waals surface area contributed by atoms with Gasteiger partial charge in [-0.2, -0.15) is 0 Å². The maximum absolute atomic E-state index is 11.8. The highest BCUT2D eigenvalue weighted by molar-refractivity contribution is 5.67. The molecule has 0 radical (unpaired) electrons. The Kier molecular flexibility index (Phi) is 8.23. The van der Waals surface area contributed by atoms with Crippen LogP contribution in [0, 0.1) is 11.8 Å². The van der Waals surface area contributed by atoms with Gasteiger partial charge in [-0.15, -0.1) is 0 Å². The van der Waals surface area contributed by atoms with Crippen molar-refractivity contribution >= 4 is 6.09 Å². The molecule has 130 valence electrons. The number of hydrogen-bond donors (Lipinski definition) is 2. The predicted octanol–water partition coefficient (Wildman–Crippen LogP) is 4.10. The number of carbonyl (C=O) groups excluding carboxylic acids is 1. The second-order valence-corrected chi connectivity index (χ2v) is 8.12.